The van der Waals surface area contributed by atoms with Gasteiger partial charge in [-0.3, -0.25) is 14.4 Å². The number of allylic oxidation sites excluding steroid dienone is 3. The van der Waals surface area contributed by atoms with Gasteiger partial charge in [0.25, 0.3) is 11.7 Å². The van der Waals surface area contributed by atoms with E-state index in [0.29, 0.717) is 57.8 Å². The van der Waals surface area contributed by atoms with Crippen LogP contribution in [0.5, 0.6) is 5.75 Å². The lowest BCUT2D eigenvalue weighted by Gasteiger charge is -2.47. The summed E-state index contributed by atoms with van der Waals surface area (Å²) >= 11 is 0. The van der Waals surface area contributed by atoms with E-state index >= 15 is 0 Å². The number of nitrogens with two attached hydrogens (primary N) is 1. The molecule has 13 heteroatoms. The summed E-state index contributed by atoms with van der Waals surface area (Å²) in [6, 6.07) is 6.77. The molecule has 3 N–H and O–H groups in total. The lowest BCUT2D eigenvalue weighted by Crippen LogP contribution is -2.64. The zero-order valence-electron chi connectivity index (χ0n) is 39.7. The fourth-order valence-corrected chi connectivity index (χ4v) is 10.3. The van der Waals surface area contributed by atoms with Crippen LogP contribution in [0.15, 0.2) is 47.6 Å². The number of amides is 1. The third-order valence-corrected chi connectivity index (χ3v) is 14.2. The maximum absolute atomic E-state index is 14.5. The zero-order chi connectivity index (χ0) is 46.2. The Kier molecular flexibility index (Phi) is 18.0. The number of Topliss-reactive ketones (excluding diaryl/α,β-unsaturated/α-hetero) is 2. The van der Waals surface area contributed by atoms with Crippen LogP contribution >= 0.6 is 0 Å². The van der Waals surface area contributed by atoms with E-state index in [2.05, 4.69) is 19.1 Å². The molecule has 0 radical (unpaired) electrons. The largest absolute Gasteiger partial charge is 0.489 e. The number of ether oxygens (including phenoxy) is 5. The number of nitrogens with zero attached hydrogens (tertiary/aromatic N) is 2. The van der Waals surface area contributed by atoms with Crippen LogP contribution in [0.3, 0.4) is 0 Å². The van der Waals surface area contributed by atoms with Crippen molar-refractivity contribution in [2.24, 2.45) is 35.3 Å². The highest BCUT2D eigenvalue weighted by atomic mass is 16.7. The molecule has 1 aliphatic carbocycles. The molecule has 3 heterocycles. The predicted octanol–water partition coefficient (Wildman–Crippen LogP) is 6.97. The summed E-state index contributed by atoms with van der Waals surface area (Å²) in [7, 11) is 7.10. The number of aliphatic hydroxyl groups is 1. The van der Waals surface area contributed by atoms with Crippen LogP contribution in [0.4, 0.5) is 5.69 Å². The summed E-state index contributed by atoms with van der Waals surface area (Å²) in [5.74, 6) is -5.42. The fraction of sp³-hybridized carbons (Fsp3) is 0.720. The van der Waals surface area contributed by atoms with Crippen LogP contribution in [-0.2, 0) is 38.1 Å². The molecule has 1 aromatic rings. The smallest absolute Gasteiger partial charge is 0.329 e. The molecule has 2 bridgehead atoms. The van der Waals surface area contributed by atoms with Crippen molar-refractivity contribution in [3.8, 4) is 5.75 Å². The van der Waals surface area contributed by atoms with Crippen molar-refractivity contribution in [2.45, 2.75) is 167 Å². The number of carbonyl (C=O) groups excluding carboxylic acids is 4. The molecule has 13 nitrogen and oxygen atoms in total. The number of hydrogen-bond donors (Lipinski definition) is 2. The van der Waals surface area contributed by atoms with Gasteiger partial charge in [-0.2, -0.15) is 0 Å². The van der Waals surface area contributed by atoms with Crippen molar-refractivity contribution < 1.29 is 48.0 Å². The first kappa shape index (κ1) is 50.4. The zero-order valence-corrected chi connectivity index (χ0v) is 39.7. The van der Waals surface area contributed by atoms with E-state index in [1.165, 1.54) is 4.90 Å². The average molecular weight is 880 g/mol. The van der Waals surface area contributed by atoms with Gasteiger partial charge in [0, 0.05) is 64.8 Å². The van der Waals surface area contributed by atoms with E-state index in [9.17, 15) is 24.3 Å². The number of cyclic esters (lactones) is 1. The molecule has 0 spiro atoms. The Morgan fingerprint density at radius 3 is 2.29 bits per heavy atom. The van der Waals surface area contributed by atoms with Gasteiger partial charge in [0.05, 0.1) is 12.2 Å². The Hall–Kier alpha value is -3.62. The number of methoxy groups -OCH3 is 2. The summed E-state index contributed by atoms with van der Waals surface area (Å²) in [6.45, 7) is 11.9. The fourth-order valence-electron chi connectivity index (χ4n) is 10.3. The van der Waals surface area contributed by atoms with Gasteiger partial charge >= 0.3 is 5.97 Å². The predicted molar refractivity (Wildman–Crippen MR) is 243 cm³/mol. The molecule has 1 amide bonds. The van der Waals surface area contributed by atoms with Crippen LogP contribution < -0.4 is 15.4 Å². The van der Waals surface area contributed by atoms with Crippen LogP contribution in [0.2, 0.25) is 0 Å². The van der Waals surface area contributed by atoms with Crippen molar-refractivity contribution >= 4 is 29.1 Å². The first-order valence-electron chi connectivity index (χ1n) is 23.5. The summed E-state index contributed by atoms with van der Waals surface area (Å²) in [4.78, 5) is 60.4. The molecule has 1 saturated carbocycles. The molecule has 63 heavy (non-hydrogen) atoms. The maximum atomic E-state index is 14.5. The molecule has 3 fully saturated rings. The summed E-state index contributed by atoms with van der Waals surface area (Å²) < 4.78 is 31.0. The molecule has 352 valence electrons. The minimum Gasteiger partial charge on any atom is -0.489 e. The number of carbonyl (C=O) groups is 4. The number of anilines is 1. The van der Waals surface area contributed by atoms with E-state index in [4.69, 9.17) is 29.4 Å². The molecular weight excluding hydrogens is 803 g/mol. The third-order valence-electron chi connectivity index (χ3n) is 14.2. The summed E-state index contributed by atoms with van der Waals surface area (Å²) in [6.07, 6.45) is 8.07. The standard InChI is InChI=1S/C50H77N3O10/c1-11-36-25-30(2)24-31(3)26-43(59-9)46-44(60-10)28-34(6)50(58,63-46)47(55)48(56)53-23-13-12-14-40(53)49(57)62-45(32(4)15-22-41(36)54)33(5)27-35-16-21-39(51)42(29-35)61-38-19-17-37(18-20-38)52(7)8/h17-20,25,27,31-32,34-36,39-40,42-46,58H,11-16,21-24,26,28-29,51H2,1-10H3/b30-25+,33-27?. The van der Waals surface area contributed by atoms with E-state index in [1.807, 2.05) is 71.0 Å². The normalized spacial score (nSPS) is 36.9. The van der Waals surface area contributed by atoms with Gasteiger partial charge in [0.2, 0.25) is 5.79 Å². The quantitative estimate of drug-likeness (QED) is 0.157. The van der Waals surface area contributed by atoms with E-state index in [1.54, 1.807) is 21.1 Å². The lowest BCUT2D eigenvalue weighted by atomic mass is 9.81. The number of rotatable bonds is 8. The number of hydrogen-bond acceptors (Lipinski definition) is 12. The number of esters is 1. The number of fused-ring (bicyclic) bond motifs is 3. The Labute approximate surface area is 376 Å². The second kappa shape index (κ2) is 22.5. The summed E-state index contributed by atoms with van der Waals surface area (Å²) in [5.41, 5.74) is 9.62. The van der Waals surface area contributed by atoms with Crippen molar-refractivity contribution in [3.63, 3.8) is 0 Å². The van der Waals surface area contributed by atoms with Crippen LogP contribution in [0.1, 0.15) is 119 Å². The van der Waals surface area contributed by atoms with Gasteiger partial charge in [-0.1, -0.05) is 45.4 Å². The van der Waals surface area contributed by atoms with Crippen molar-refractivity contribution in [3.05, 3.63) is 47.6 Å². The van der Waals surface area contributed by atoms with Gasteiger partial charge in [-0.15, -0.1) is 0 Å². The third kappa shape index (κ3) is 12.4. The first-order valence-corrected chi connectivity index (χ1v) is 23.5. The van der Waals surface area contributed by atoms with Gasteiger partial charge in [0.15, 0.2) is 0 Å². The van der Waals surface area contributed by atoms with Gasteiger partial charge in [0.1, 0.15) is 35.9 Å². The molecule has 5 rings (SSSR count). The molecular formula is C50H77N3O10. The molecule has 13 atom stereocenters. The second-order valence-electron chi connectivity index (χ2n) is 19.4. The SMILES string of the molecule is CCC1/C=C(\C)CC(C)CC(OC)C2OC(O)(C(=O)C(=O)N3CCCCC3C(=O)OC(C(C)=CC3CCC(N)C(Oc4ccc(N(C)C)cc4)C3)C(C)CCC1=O)C(C)CC2OC. The highest BCUT2D eigenvalue weighted by Crippen LogP contribution is 2.39. The Balaban J connectivity index is 1.47. The van der Waals surface area contributed by atoms with Crippen molar-refractivity contribution in [2.75, 3.05) is 39.8 Å². The van der Waals surface area contributed by atoms with Gasteiger partial charge < -0.3 is 44.3 Å². The number of piperidine rings is 1. The minimum atomic E-state index is -2.47. The second-order valence-corrected chi connectivity index (χ2v) is 19.4. The van der Waals surface area contributed by atoms with Crippen molar-refractivity contribution in [1.29, 1.82) is 0 Å². The molecule has 3 aliphatic heterocycles. The lowest BCUT2D eigenvalue weighted by molar-refractivity contribution is -0.302. The average Bonchev–Trinajstić information content (AvgIpc) is 3.26. The van der Waals surface area contributed by atoms with Gasteiger partial charge in [-0.05, 0) is 132 Å². The minimum absolute atomic E-state index is 0.0861. The monoisotopic (exact) mass is 880 g/mol. The highest BCUT2D eigenvalue weighted by Gasteiger charge is 2.56. The molecule has 1 aromatic carbocycles. The maximum Gasteiger partial charge on any atom is 0.329 e. The topological polar surface area (TPSA) is 167 Å². The number of benzene rings is 1. The molecule has 13 unspecified atom stereocenters. The van der Waals surface area contributed by atoms with E-state index in [-0.39, 0.29) is 54.6 Å². The van der Waals surface area contributed by atoms with Crippen molar-refractivity contribution in [1.82, 2.24) is 4.90 Å². The van der Waals surface area contributed by atoms with Crippen LogP contribution in [-0.4, -0.2) is 117 Å². The first-order chi connectivity index (χ1) is 29.9. The Bertz CT molecular complexity index is 1780. The highest BCUT2D eigenvalue weighted by molar-refractivity contribution is 6.39. The molecule has 4 aliphatic rings. The molecule has 0 aromatic heterocycles. The van der Waals surface area contributed by atoms with Crippen LogP contribution in [0, 0.1) is 29.6 Å². The van der Waals surface area contributed by atoms with E-state index < -0.39 is 59.8 Å². The van der Waals surface area contributed by atoms with Gasteiger partial charge in [-0.25, -0.2) is 4.79 Å². The number of ketones is 2. The Morgan fingerprint density at radius 2 is 1.63 bits per heavy atom. The Morgan fingerprint density at radius 1 is 0.952 bits per heavy atom. The molecule has 2 saturated heterocycles. The van der Waals surface area contributed by atoms with Crippen LogP contribution in [0.25, 0.3) is 0 Å². The summed E-state index contributed by atoms with van der Waals surface area (Å²) in [5, 5.41) is 12.1. The van der Waals surface area contributed by atoms with E-state index in [0.717, 1.165) is 35.4 Å².